The Labute approximate surface area is 161 Å². The first kappa shape index (κ1) is 15.8. The summed E-state index contributed by atoms with van der Waals surface area (Å²) in [6.07, 6.45) is 1.25. The van der Waals surface area contributed by atoms with E-state index in [1.807, 2.05) is 36.4 Å². The molecule has 28 heavy (non-hydrogen) atoms. The summed E-state index contributed by atoms with van der Waals surface area (Å²) in [5.41, 5.74) is 1.73. The Morgan fingerprint density at radius 1 is 1.04 bits per heavy atom. The molecule has 1 spiro atoms. The molecule has 142 valence electrons. The van der Waals surface area contributed by atoms with Crippen molar-refractivity contribution in [2.24, 2.45) is 0 Å². The number of nitrogens with zero attached hydrogens (tertiary/aromatic N) is 1. The number of carbonyl (C=O) groups is 2. The summed E-state index contributed by atoms with van der Waals surface area (Å²) < 4.78 is 17.0. The third-order valence-electron chi connectivity index (χ3n) is 6.13. The highest BCUT2D eigenvalue weighted by molar-refractivity contribution is 6.11. The van der Waals surface area contributed by atoms with Gasteiger partial charge >= 0.3 is 0 Å². The van der Waals surface area contributed by atoms with E-state index in [-0.39, 0.29) is 31.3 Å². The van der Waals surface area contributed by atoms with Crippen molar-refractivity contribution in [1.29, 1.82) is 0 Å². The van der Waals surface area contributed by atoms with Crippen LogP contribution in [0.25, 0.3) is 0 Å². The van der Waals surface area contributed by atoms with Gasteiger partial charge in [0.05, 0.1) is 0 Å². The van der Waals surface area contributed by atoms with Gasteiger partial charge in [0.1, 0.15) is 17.8 Å². The topological polar surface area (TPSA) is 77.1 Å². The summed E-state index contributed by atoms with van der Waals surface area (Å²) in [6, 6.07) is 11.5. The molecule has 0 bridgehead atoms. The average molecular weight is 378 g/mol. The highest BCUT2D eigenvalue weighted by atomic mass is 16.7. The molecule has 2 amide bonds. The second kappa shape index (κ2) is 5.41. The predicted molar refractivity (Wildman–Crippen MR) is 98.8 cm³/mol. The van der Waals surface area contributed by atoms with Crippen molar-refractivity contribution < 1.29 is 23.8 Å². The molecule has 1 fully saturated rings. The van der Waals surface area contributed by atoms with E-state index in [1.165, 1.54) is 0 Å². The van der Waals surface area contributed by atoms with E-state index in [4.69, 9.17) is 14.2 Å². The third kappa shape index (κ3) is 1.93. The van der Waals surface area contributed by atoms with Crippen molar-refractivity contribution in [3.63, 3.8) is 0 Å². The first-order valence-corrected chi connectivity index (χ1v) is 9.44. The number of benzene rings is 2. The summed E-state index contributed by atoms with van der Waals surface area (Å²) >= 11 is 0. The van der Waals surface area contributed by atoms with Crippen LogP contribution in [0.3, 0.4) is 0 Å². The molecule has 4 aliphatic rings. The molecule has 1 saturated heterocycles. The van der Waals surface area contributed by atoms with Gasteiger partial charge in [-0.15, -0.1) is 0 Å². The Morgan fingerprint density at radius 3 is 2.68 bits per heavy atom. The molecule has 4 heterocycles. The van der Waals surface area contributed by atoms with Crippen LogP contribution in [0.4, 0.5) is 5.69 Å². The van der Waals surface area contributed by atoms with Gasteiger partial charge in [0, 0.05) is 36.3 Å². The number of rotatable bonds is 2. The van der Waals surface area contributed by atoms with E-state index in [9.17, 15) is 9.59 Å². The molecule has 7 nitrogen and oxygen atoms in total. The molecule has 4 aliphatic heterocycles. The van der Waals surface area contributed by atoms with E-state index < -0.39 is 5.41 Å². The first-order valence-electron chi connectivity index (χ1n) is 9.44. The number of amides is 2. The van der Waals surface area contributed by atoms with Crippen LogP contribution in [-0.4, -0.2) is 37.8 Å². The highest BCUT2D eigenvalue weighted by Gasteiger charge is 2.57. The van der Waals surface area contributed by atoms with Crippen LogP contribution in [0.5, 0.6) is 17.2 Å². The number of nitrogens with one attached hydrogen (secondary N) is 1. The Balaban J connectivity index is 1.47. The minimum absolute atomic E-state index is 0.0209. The Bertz CT molecular complexity index is 1040. The molecule has 6 rings (SSSR count). The van der Waals surface area contributed by atoms with Crippen LogP contribution < -0.4 is 24.4 Å². The summed E-state index contributed by atoms with van der Waals surface area (Å²) in [5, 5.41) is 2.96. The minimum atomic E-state index is -0.893. The predicted octanol–water partition coefficient (Wildman–Crippen LogP) is 1.72. The summed E-state index contributed by atoms with van der Waals surface area (Å²) in [4.78, 5) is 27.2. The Kier molecular flexibility index (Phi) is 3.05. The molecule has 0 aliphatic carbocycles. The average Bonchev–Trinajstić information content (AvgIpc) is 3.45. The SMILES string of the molecule is O=C1CC[C@@H](CN2C(=O)C3(COc4cc5c(cc43)OCO5)c3ccccc32)N1. The van der Waals surface area contributed by atoms with Crippen LogP contribution in [0.1, 0.15) is 24.0 Å². The number of hydrogen-bond acceptors (Lipinski definition) is 5. The van der Waals surface area contributed by atoms with E-state index in [0.717, 1.165) is 23.2 Å². The maximum atomic E-state index is 13.8. The fraction of sp³-hybridized carbons (Fsp3) is 0.333. The van der Waals surface area contributed by atoms with Gasteiger partial charge in [-0.25, -0.2) is 0 Å². The van der Waals surface area contributed by atoms with Gasteiger partial charge in [-0.05, 0) is 24.1 Å². The Morgan fingerprint density at radius 2 is 1.86 bits per heavy atom. The van der Waals surface area contributed by atoms with Gasteiger partial charge < -0.3 is 24.4 Å². The first-order chi connectivity index (χ1) is 13.7. The highest BCUT2D eigenvalue weighted by Crippen LogP contribution is 2.55. The zero-order chi connectivity index (χ0) is 18.9. The lowest BCUT2D eigenvalue weighted by Gasteiger charge is -2.25. The molecule has 0 radical (unpaired) electrons. The monoisotopic (exact) mass is 378 g/mol. The maximum Gasteiger partial charge on any atom is 0.245 e. The molecule has 0 saturated carbocycles. The van der Waals surface area contributed by atoms with Crippen LogP contribution in [0.2, 0.25) is 0 Å². The van der Waals surface area contributed by atoms with Crippen molar-refractivity contribution in [1.82, 2.24) is 5.32 Å². The molecular formula is C21H18N2O5. The van der Waals surface area contributed by atoms with Gasteiger partial charge in [-0.1, -0.05) is 18.2 Å². The van der Waals surface area contributed by atoms with Gasteiger partial charge in [-0.3, -0.25) is 9.59 Å². The second-order valence-corrected chi connectivity index (χ2v) is 7.63. The molecule has 7 heteroatoms. The number of anilines is 1. The smallest absolute Gasteiger partial charge is 0.245 e. The van der Waals surface area contributed by atoms with Gasteiger partial charge in [-0.2, -0.15) is 0 Å². The van der Waals surface area contributed by atoms with Crippen LogP contribution in [-0.2, 0) is 15.0 Å². The quantitative estimate of drug-likeness (QED) is 0.861. The van der Waals surface area contributed by atoms with E-state index in [2.05, 4.69) is 5.32 Å². The van der Waals surface area contributed by atoms with Crippen LogP contribution >= 0.6 is 0 Å². The molecule has 2 aromatic rings. The van der Waals surface area contributed by atoms with E-state index in [0.29, 0.717) is 30.2 Å². The number of hydrogen-bond donors (Lipinski definition) is 1. The maximum absolute atomic E-state index is 13.8. The van der Waals surface area contributed by atoms with E-state index in [1.54, 1.807) is 4.90 Å². The Hall–Kier alpha value is -3.22. The summed E-state index contributed by atoms with van der Waals surface area (Å²) in [5.74, 6) is 1.95. The molecule has 2 aromatic carbocycles. The number of ether oxygens (including phenoxy) is 3. The largest absolute Gasteiger partial charge is 0.491 e. The fourth-order valence-corrected chi connectivity index (χ4v) is 4.78. The van der Waals surface area contributed by atoms with Crippen molar-refractivity contribution in [2.75, 3.05) is 24.8 Å². The lowest BCUT2D eigenvalue weighted by Crippen LogP contribution is -2.46. The van der Waals surface area contributed by atoms with Crippen molar-refractivity contribution >= 4 is 17.5 Å². The molecule has 1 N–H and O–H groups in total. The normalized spacial score (nSPS) is 26.4. The van der Waals surface area contributed by atoms with Crippen molar-refractivity contribution in [3.05, 3.63) is 47.5 Å². The van der Waals surface area contributed by atoms with E-state index >= 15 is 0 Å². The van der Waals surface area contributed by atoms with Gasteiger partial charge in [0.25, 0.3) is 0 Å². The second-order valence-electron chi connectivity index (χ2n) is 7.63. The molecular weight excluding hydrogens is 360 g/mol. The van der Waals surface area contributed by atoms with Crippen molar-refractivity contribution in [2.45, 2.75) is 24.3 Å². The van der Waals surface area contributed by atoms with Crippen LogP contribution in [0.15, 0.2) is 36.4 Å². The minimum Gasteiger partial charge on any atom is -0.491 e. The molecule has 2 atom stereocenters. The van der Waals surface area contributed by atoms with Gasteiger partial charge in [0.15, 0.2) is 11.5 Å². The summed E-state index contributed by atoms with van der Waals surface area (Å²) in [6.45, 7) is 0.876. The number of para-hydroxylation sites is 1. The standard InChI is InChI=1S/C21H18N2O5/c24-19-6-5-12(22-19)9-23-15-4-2-1-3-13(15)21(20(23)25)10-26-16-8-18-17(7-14(16)21)27-11-28-18/h1-4,7-8,12H,5-6,9-11H2,(H,22,24)/t12-,21?/m0/s1. The van der Waals surface area contributed by atoms with Crippen LogP contribution in [0, 0.1) is 0 Å². The summed E-state index contributed by atoms with van der Waals surface area (Å²) in [7, 11) is 0. The zero-order valence-electron chi connectivity index (χ0n) is 15.1. The van der Waals surface area contributed by atoms with Crippen molar-refractivity contribution in [3.8, 4) is 17.2 Å². The fourth-order valence-electron chi connectivity index (χ4n) is 4.78. The zero-order valence-corrected chi connectivity index (χ0v) is 15.1. The molecule has 0 aromatic heterocycles. The lowest BCUT2D eigenvalue weighted by atomic mass is 9.77. The number of fused-ring (bicyclic) bond motifs is 5. The molecule has 1 unspecified atom stereocenters. The lowest BCUT2D eigenvalue weighted by molar-refractivity contribution is -0.122. The van der Waals surface area contributed by atoms with Gasteiger partial charge in [0.2, 0.25) is 18.6 Å². The number of carbonyl (C=O) groups excluding carboxylic acids is 2. The third-order valence-corrected chi connectivity index (χ3v) is 6.13.